The van der Waals surface area contributed by atoms with Gasteiger partial charge >= 0.3 is 0 Å². The molecule has 0 atom stereocenters. The Bertz CT molecular complexity index is 328. The zero-order valence-corrected chi connectivity index (χ0v) is 9.35. The maximum Gasteiger partial charge on any atom is 0.218 e. The van der Waals surface area contributed by atoms with E-state index < -0.39 is 0 Å². The molecule has 1 aromatic heterocycles. The number of carbonyl (C=O) groups excluding carboxylic acids is 1. The standard InChI is InChI=1S/C11H18N4O/c12-11(16)3-6-15-4-1-9(2-5-15)10-7-13-14-8-10/h7-9H,1-6H2,(H2,12,16)(H,13,14). The topological polar surface area (TPSA) is 75.0 Å². The van der Waals surface area contributed by atoms with Crippen LogP contribution in [0, 0.1) is 0 Å². The molecule has 88 valence electrons. The van der Waals surface area contributed by atoms with E-state index in [9.17, 15) is 4.79 Å². The van der Waals surface area contributed by atoms with Crippen LogP contribution in [-0.2, 0) is 4.79 Å². The molecule has 16 heavy (non-hydrogen) atoms. The van der Waals surface area contributed by atoms with Gasteiger partial charge in [-0.1, -0.05) is 0 Å². The number of hydrogen-bond acceptors (Lipinski definition) is 3. The lowest BCUT2D eigenvalue weighted by molar-refractivity contribution is -0.118. The molecule has 1 aliphatic heterocycles. The van der Waals surface area contributed by atoms with Gasteiger partial charge in [-0.15, -0.1) is 0 Å². The molecular formula is C11H18N4O. The Kier molecular flexibility index (Phi) is 3.56. The summed E-state index contributed by atoms with van der Waals surface area (Å²) in [6.45, 7) is 2.89. The molecule has 0 aromatic carbocycles. The van der Waals surface area contributed by atoms with Crippen molar-refractivity contribution in [1.29, 1.82) is 0 Å². The van der Waals surface area contributed by atoms with Crippen molar-refractivity contribution in [2.24, 2.45) is 5.73 Å². The summed E-state index contributed by atoms with van der Waals surface area (Å²) in [7, 11) is 0. The number of nitrogens with two attached hydrogens (primary N) is 1. The number of primary amides is 1. The van der Waals surface area contributed by atoms with Crippen LogP contribution >= 0.6 is 0 Å². The van der Waals surface area contributed by atoms with Gasteiger partial charge in [-0.2, -0.15) is 5.10 Å². The van der Waals surface area contributed by atoms with Crippen molar-refractivity contribution in [3.63, 3.8) is 0 Å². The summed E-state index contributed by atoms with van der Waals surface area (Å²) in [6.07, 6.45) is 6.63. The van der Waals surface area contributed by atoms with Crippen molar-refractivity contribution in [2.45, 2.75) is 25.2 Å². The fourth-order valence-corrected chi connectivity index (χ4v) is 2.24. The molecule has 5 nitrogen and oxygen atoms in total. The maximum atomic E-state index is 10.7. The second-order valence-electron chi connectivity index (χ2n) is 4.36. The number of rotatable bonds is 4. The molecule has 3 N–H and O–H groups in total. The summed E-state index contributed by atoms with van der Waals surface area (Å²) in [5, 5.41) is 6.83. The molecule has 0 unspecified atom stereocenters. The van der Waals surface area contributed by atoms with Crippen molar-refractivity contribution >= 4 is 5.91 Å². The third kappa shape index (κ3) is 2.82. The fraction of sp³-hybridized carbons (Fsp3) is 0.636. The number of aromatic nitrogens is 2. The van der Waals surface area contributed by atoms with E-state index in [1.165, 1.54) is 5.56 Å². The van der Waals surface area contributed by atoms with E-state index in [-0.39, 0.29) is 5.91 Å². The SMILES string of the molecule is NC(=O)CCN1CCC(c2cn[nH]c2)CC1. The van der Waals surface area contributed by atoms with E-state index in [0.29, 0.717) is 12.3 Å². The molecule has 0 aliphatic carbocycles. The van der Waals surface area contributed by atoms with E-state index in [1.54, 1.807) is 0 Å². The molecule has 1 aromatic rings. The van der Waals surface area contributed by atoms with Crippen LogP contribution in [0.1, 0.15) is 30.7 Å². The molecule has 0 bridgehead atoms. The summed E-state index contributed by atoms with van der Waals surface area (Å²) in [5.74, 6) is 0.403. The van der Waals surface area contributed by atoms with Crippen molar-refractivity contribution in [1.82, 2.24) is 15.1 Å². The zero-order chi connectivity index (χ0) is 11.4. The van der Waals surface area contributed by atoms with Gasteiger partial charge in [-0.3, -0.25) is 9.89 Å². The van der Waals surface area contributed by atoms with Gasteiger partial charge in [0.2, 0.25) is 5.91 Å². The van der Waals surface area contributed by atoms with E-state index >= 15 is 0 Å². The predicted molar refractivity (Wildman–Crippen MR) is 60.8 cm³/mol. The Hall–Kier alpha value is -1.36. The van der Waals surface area contributed by atoms with Gasteiger partial charge in [0.15, 0.2) is 0 Å². The van der Waals surface area contributed by atoms with Crippen molar-refractivity contribution in [3.8, 4) is 0 Å². The smallest absolute Gasteiger partial charge is 0.218 e. The Labute approximate surface area is 95.0 Å². The van der Waals surface area contributed by atoms with Gasteiger partial charge in [0.1, 0.15) is 0 Å². The van der Waals surface area contributed by atoms with Gasteiger partial charge < -0.3 is 10.6 Å². The number of nitrogens with one attached hydrogen (secondary N) is 1. The lowest BCUT2D eigenvalue weighted by atomic mass is 9.91. The molecule has 2 rings (SSSR count). The summed E-state index contributed by atoms with van der Waals surface area (Å²) in [5.41, 5.74) is 6.44. The Morgan fingerprint density at radius 2 is 2.31 bits per heavy atom. The van der Waals surface area contributed by atoms with Gasteiger partial charge in [0.05, 0.1) is 6.20 Å². The van der Waals surface area contributed by atoms with Gasteiger partial charge in [0, 0.05) is 19.2 Å². The molecular weight excluding hydrogens is 204 g/mol. The first kappa shape index (κ1) is 11.1. The summed E-state index contributed by atoms with van der Waals surface area (Å²) in [4.78, 5) is 13.0. The van der Waals surface area contributed by atoms with Gasteiger partial charge in [-0.05, 0) is 37.4 Å². The molecule has 1 amide bonds. The van der Waals surface area contributed by atoms with Crippen molar-refractivity contribution < 1.29 is 4.79 Å². The Balaban J connectivity index is 1.76. The van der Waals surface area contributed by atoms with Crippen LogP contribution in [0.25, 0.3) is 0 Å². The maximum absolute atomic E-state index is 10.7. The second-order valence-corrected chi connectivity index (χ2v) is 4.36. The minimum Gasteiger partial charge on any atom is -0.370 e. The van der Waals surface area contributed by atoms with Crippen molar-refractivity contribution in [3.05, 3.63) is 18.0 Å². The summed E-state index contributed by atoms with van der Waals surface area (Å²) in [6, 6.07) is 0. The molecule has 1 aliphatic rings. The van der Waals surface area contributed by atoms with Crippen LogP contribution in [0.15, 0.2) is 12.4 Å². The van der Waals surface area contributed by atoms with Crippen LogP contribution in [0.5, 0.6) is 0 Å². The quantitative estimate of drug-likeness (QED) is 0.777. The Morgan fingerprint density at radius 1 is 1.56 bits per heavy atom. The zero-order valence-electron chi connectivity index (χ0n) is 9.35. The highest BCUT2D eigenvalue weighted by atomic mass is 16.1. The molecule has 5 heteroatoms. The minimum absolute atomic E-state index is 0.211. The Morgan fingerprint density at radius 3 is 2.88 bits per heavy atom. The van der Waals surface area contributed by atoms with Crippen LogP contribution < -0.4 is 5.73 Å². The third-order valence-corrected chi connectivity index (χ3v) is 3.25. The average molecular weight is 222 g/mol. The number of likely N-dealkylation sites (tertiary alicyclic amines) is 1. The van der Waals surface area contributed by atoms with E-state index in [0.717, 1.165) is 32.5 Å². The summed E-state index contributed by atoms with van der Waals surface area (Å²) < 4.78 is 0. The van der Waals surface area contributed by atoms with Crippen LogP contribution in [0.3, 0.4) is 0 Å². The highest BCUT2D eigenvalue weighted by Gasteiger charge is 2.20. The first-order chi connectivity index (χ1) is 7.75. The minimum atomic E-state index is -0.211. The highest BCUT2D eigenvalue weighted by molar-refractivity contribution is 5.73. The predicted octanol–water partition coefficient (Wildman–Crippen LogP) is 0.464. The first-order valence-corrected chi connectivity index (χ1v) is 5.75. The van der Waals surface area contributed by atoms with Crippen molar-refractivity contribution in [2.75, 3.05) is 19.6 Å². The van der Waals surface area contributed by atoms with Crippen LogP contribution in [-0.4, -0.2) is 40.6 Å². The van der Waals surface area contributed by atoms with Gasteiger partial charge in [0.25, 0.3) is 0 Å². The molecule has 1 saturated heterocycles. The first-order valence-electron chi connectivity index (χ1n) is 5.75. The van der Waals surface area contributed by atoms with E-state index in [1.807, 2.05) is 12.4 Å². The molecule has 1 fully saturated rings. The number of piperidine rings is 1. The van der Waals surface area contributed by atoms with E-state index in [2.05, 4.69) is 15.1 Å². The molecule has 2 heterocycles. The highest BCUT2D eigenvalue weighted by Crippen LogP contribution is 2.26. The number of aromatic amines is 1. The average Bonchev–Trinajstić information content (AvgIpc) is 2.80. The number of amides is 1. The fourth-order valence-electron chi connectivity index (χ4n) is 2.24. The van der Waals surface area contributed by atoms with Gasteiger partial charge in [-0.25, -0.2) is 0 Å². The lowest BCUT2D eigenvalue weighted by Gasteiger charge is -2.31. The lowest BCUT2D eigenvalue weighted by Crippen LogP contribution is -2.35. The number of H-pyrrole nitrogens is 1. The molecule has 0 spiro atoms. The third-order valence-electron chi connectivity index (χ3n) is 3.25. The second kappa shape index (κ2) is 5.12. The number of carbonyl (C=O) groups is 1. The number of nitrogens with zero attached hydrogens (tertiary/aromatic N) is 2. The molecule has 0 radical (unpaired) electrons. The monoisotopic (exact) mass is 222 g/mol. The number of hydrogen-bond donors (Lipinski definition) is 2. The largest absolute Gasteiger partial charge is 0.370 e. The van der Waals surface area contributed by atoms with Crippen LogP contribution in [0.4, 0.5) is 0 Å². The normalized spacial score (nSPS) is 18.8. The van der Waals surface area contributed by atoms with Crippen LogP contribution in [0.2, 0.25) is 0 Å². The molecule has 0 saturated carbocycles. The summed E-state index contributed by atoms with van der Waals surface area (Å²) >= 11 is 0. The van der Waals surface area contributed by atoms with E-state index in [4.69, 9.17) is 5.73 Å².